The number of Topliss-reactive ketones (excluding diaryl/α,β-unsaturated/α-hetero) is 1. The molecule has 0 bridgehead atoms. The molecule has 0 radical (unpaired) electrons. The van der Waals surface area contributed by atoms with Crippen molar-refractivity contribution in [3.63, 3.8) is 0 Å². The van der Waals surface area contributed by atoms with Crippen molar-refractivity contribution in [3.8, 4) is 0 Å². The molecule has 8 atom stereocenters. The summed E-state index contributed by atoms with van der Waals surface area (Å²) >= 11 is 0. The van der Waals surface area contributed by atoms with Crippen LogP contribution in [-0.4, -0.2) is 50.9 Å². The fourth-order valence-electron chi connectivity index (χ4n) is 7.26. The average molecular weight is 488 g/mol. The van der Waals surface area contributed by atoms with Crippen molar-refractivity contribution in [2.24, 2.45) is 28.6 Å². The van der Waals surface area contributed by atoms with E-state index in [1.54, 1.807) is 26.8 Å². The first-order valence-corrected chi connectivity index (χ1v) is 10.1. The van der Waals surface area contributed by atoms with E-state index >= 15 is 4.39 Å². The molecule has 0 aromatic rings. The minimum atomic E-state index is -1.98. The summed E-state index contributed by atoms with van der Waals surface area (Å²) in [4.78, 5) is 24.4. The molecule has 0 saturated heterocycles. The smallest absolute Gasteiger partial charge is 1.00 e. The summed E-state index contributed by atoms with van der Waals surface area (Å²) in [7, 11) is 0. The number of hydrogen-bond donors (Lipinski definition) is 3. The molecule has 3 saturated carbocycles. The van der Waals surface area contributed by atoms with E-state index < -0.39 is 52.4 Å². The van der Waals surface area contributed by atoms with Crippen molar-refractivity contribution in [2.75, 3.05) is 6.61 Å². The summed E-state index contributed by atoms with van der Waals surface area (Å²) in [6, 6.07) is 0. The van der Waals surface area contributed by atoms with Crippen molar-refractivity contribution in [1.82, 2.24) is 0 Å². The summed E-state index contributed by atoms with van der Waals surface area (Å²) in [5, 5.41) is 32.0. The average Bonchev–Trinajstić information content (AvgIpc) is 2.84. The second kappa shape index (κ2) is 11.6. The Morgan fingerprint density at radius 3 is 2.38 bits per heavy atom. The van der Waals surface area contributed by atoms with Crippen molar-refractivity contribution in [1.29, 1.82) is 0 Å². The minimum absolute atomic E-state index is 0. The number of allylic oxidation sites excluding steroid dienone is 4. The first-order valence-electron chi connectivity index (χ1n) is 10.1. The molecule has 162 valence electrons. The van der Waals surface area contributed by atoms with Crippen molar-refractivity contribution >= 4 is 11.6 Å². The van der Waals surface area contributed by atoms with Gasteiger partial charge in [-0.05, 0) is 56.6 Å². The molecule has 5 nitrogen and oxygen atoms in total. The van der Waals surface area contributed by atoms with E-state index in [-0.39, 0.29) is 142 Å². The van der Waals surface area contributed by atoms with E-state index in [4.69, 9.17) is 0 Å². The zero-order valence-corrected chi connectivity index (χ0v) is 28.6. The molecule has 3 N–H and O–H groups in total. The molecular weight excluding hydrogens is 455 g/mol. The Balaban J connectivity index is -0.000000400. The largest absolute Gasteiger partial charge is 1.00 e. The van der Waals surface area contributed by atoms with Crippen LogP contribution in [0.3, 0.4) is 0 Å². The van der Waals surface area contributed by atoms with Gasteiger partial charge in [-0.3, -0.25) is 9.59 Å². The summed E-state index contributed by atoms with van der Waals surface area (Å²) in [6.07, 6.45) is 4.44. The van der Waals surface area contributed by atoms with E-state index in [9.17, 15) is 24.9 Å². The molecular formula is C22H33FNa4O5. The summed E-state index contributed by atoms with van der Waals surface area (Å²) in [5.41, 5.74) is -5.17. The number of halogens is 1. The van der Waals surface area contributed by atoms with Crippen LogP contribution in [0.1, 0.15) is 52.2 Å². The van der Waals surface area contributed by atoms with E-state index in [1.165, 1.54) is 12.2 Å². The predicted octanol–water partition coefficient (Wildman–Crippen LogP) is -9.64. The van der Waals surface area contributed by atoms with Gasteiger partial charge in [-0.1, -0.05) is 25.5 Å². The molecule has 0 spiro atoms. The molecule has 0 aromatic heterocycles. The van der Waals surface area contributed by atoms with Gasteiger partial charge in [-0.25, -0.2) is 4.39 Å². The zero-order chi connectivity index (χ0) is 20.7. The molecule has 0 amide bonds. The normalized spacial score (nSPS) is 46.0. The third-order valence-electron chi connectivity index (χ3n) is 8.79. The van der Waals surface area contributed by atoms with Gasteiger partial charge in [-0.15, -0.1) is 0 Å². The van der Waals surface area contributed by atoms with E-state index in [2.05, 4.69) is 0 Å². The van der Waals surface area contributed by atoms with Gasteiger partial charge in [0, 0.05) is 16.7 Å². The maximum atomic E-state index is 16.9. The molecule has 10 heteroatoms. The van der Waals surface area contributed by atoms with Crippen LogP contribution in [0, 0.1) is 28.6 Å². The van der Waals surface area contributed by atoms with Crippen LogP contribution in [0.5, 0.6) is 0 Å². The Labute approximate surface area is 283 Å². The van der Waals surface area contributed by atoms with Crippen LogP contribution in [0.25, 0.3) is 0 Å². The van der Waals surface area contributed by atoms with Gasteiger partial charge in [0.2, 0.25) is 0 Å². The second-order valence-corrected chi connectivity index (χ2v) is 9.75. The van der Waals surface area contributed by atoms with Crippen LogP contribution < -0.4 is 118 Å². The van der Waals surface area contributed by atoms with E-state index in [1.807, 2.05) is 0 Å². The molecule has 4 rings (SSSR count). The number of hydrogen-bond acceptors (Lipinski definition) is 5. The third kappa shape index (κ3) is 4.35. The number of aliphatic hydroxyl groups excluding tert-OH is 2. The topological polar surface area (TPSA) is 94.8 Å². The molecule has 4 aliphatic rings. The Kier molecular flexibility index (Phi) is 12.5. The van der Waals surface area contributed by atoms with Crippen molar-refractivity contribution < 1.29 is 153 Å². The number of carbonyl (C=O) groups excluding carboxylic acids is 2. The molecule has 4 aliphatic carbocycles. The van der Waals surface area contributed by atoms with Gasteiger partial charge in [-0.2, -0.15) is 0 Å². The number of aliphatic hydroxyl groups is 3. The number of alkyl halides is 1. The van der Waals surface area contributed by atoms with Gasteiger partial charge in [0.05, 0.1) is 6.10 Å². The van der Waals surface area contributed by atoms with Gasteiger partial charge >= 0.3 is 118 Å². The van der Waals surface area contributed by atoms with Crippen LogP contribution in [-0.2, 0) is 9.59 Å². The van der Waals surface area contributed by atoms with Gasteiger partial charge in [0.15, 0.2) is 17.2 Å². The summed E-state index contributed by atoms with van der Waals surface area (Å²) < 4.78 is 16.9. The fourth-order valence-corrected chi connectivity index (χ4v) is 7.26. The van der Waals surface area contributed by atoms with Crippen molar-refractivity contribution in [2.45, 2.75) is 63.8 Å². The van der Waals surface area contributed by atoms with E-state index in [0.717, 1.165) is 0 Å². The third-order valence-corrected chi connectivity index (χ3v) is 8.79. The maximum absolute atomic E-state index is 16.9. The Bertz CT molecular complexity index is 840. The number of fused-ring (bicyclic) bond motifs is 5. The molecule has 0 aromatic carbocycles. The SMILES string of the molecule is C[C@H]1C[C@H]2[C@@H]3CCC4=CC(=O)C=C[C@]4(C)[C@@]3(F)[C@@H](O)C[C@]2(C)[C@@]1(O)C(=O)CO.[H-].[H-].[H-].[H-].[Na+].[Na+].[Na+].[Na+]. The fraction of sp³-hybridized carbons (Fsp3) is 0.727. The monoisotopic (exact) mass is 488 g/mol. The molecule has 0 heterocycles. The Hall–Kier alpha value is 2.63. The van der Waals surface area contributed by atoms with Crippen LogP contribution >= 0.6 is 0 Å². The quantitative estimate of drug-likeness (QED) is 0.336. The number of ketones is 2. The minimum Gasteiger partial charge on any atom is -1.00 e. The molecule has 32 heavy (non-hydrogen) atoms. The molecule has 3 fully saturated rings. The van der Waals surface area contributed by atoms with Gasteiger partial charge < -0.3 is 21.0 Å². The first-order chi connectivity index (χ1) is 13.0. The summed E-state index contributed by atoms with van der Waals surface area (Å²) in [6.45, 7) is 4.48. The van der Waals surface area contributed by atoms with Gasteiger partial charge in [0.1, 0.15) is 12.2 Å². The summed E-state index contributed by atoms with van der Waals surface area (Å²) in [5.74, 6) is -2.12. The van der Waals surface area contributed by atoms with Crippen molar-refractivity contribution in [3.05, 3.63) is 23.8 Å². The van der Waals surface area contributed by atoms with Crippen LogP contribution in [0.4, 0.5) is 4.39 Å². The molecule has 0 aliphatic heterocycles. The standard InChI is InChI=1S/C22H29FO5.4Na.4H/c1-12-8-16-15-5-4-13-9-14(25)6-7-19(13,2)21(15,23)17(26)10-20(16,3)22(12,28)18(27)11-24;;;;;;;;/h6-7,9,12,15-17,24,26,28H,4-5,8,10-11H2,1-3H3;;;;;;;;/q;4*+1;4*-1/t12-,15-,16-,17-,19-,20-,21-,22-;;;;;;;;/m0......../s1. The van der Waals surface area contributed by atoms with Crippen LogP contribution in [0.15, 0.2) is 23.8 Å². The number of rotatable bonds is 2. The Morgan fingerprint density at radius 1 is 1.22 bits per heavy atom. The second-order valence-electron chi connectivity index (χ2n) is 9.75. The van der Waals surface area contributed by atoms with E-state index in [0.29, 0.717) is 24.8 Å². The molecule has 0 unspecified atom stereocenters. The Morgan fingerprint density at radius 2 is 1.81 bits per heavy atom. The zero-order valence-electron chi connectivity index (χ0n) is 24.6. The predicted molar refractivity (Wildman–Crippen MR) is 104 cm³/mol. The van der Waals surface area contributed by atoms with Gasteiger partial charge in [0.25, 0.3) is 0 Å². The maximum Gasteiger partial charge on any atom is 1.00 e. The van der Waals surface area contributed by atoms with Crippen LogP contribution in [0.2, 0.25) is 0 Å². The number of carbonyl (C=O) groups is 2. The first kappa shape index (κ1) is 34.6.